The van der Waals surface area contributed by atoms with E-state index >= 15 is 0 Å². The highest BCUT2D eigenvalue weighted by Gasteiger charge is 2.23. The van der Waals surface area contributed by atoms with Crippen molar-refractivity contribution in [3.8, 4) is 28.5 Å². The molecule has 0 aliphatic rings. The van der Waals surface area contributed by atoms with Gasteiger partial charge in [-0.1, -0.05) is 103 Å². The molecule has 0 spiro atoms. The smallest absolute Gasteiger partial charge is 0.162 e. The normalized spacial score (nSPS) is 11.8. The van der Waals surface area contributed by atoms with Gasteiger partial charge in [0.1, 0.15) is 5.82 Å². The van der Waals surface area contributed by atoms with Crippen LogP contribution in [0.15, 0.2) is 134 Å². The molecule has 196 valence electrons. The average molecular weight is 555 g/mol. The summed E-state index contributed by atoms with van der Waals surface area (Å²) in [6, 6.07) is 42.3. The minimum atomic E-state index is 0.699. The maximum Gasteiger partial charge on any atom is 0.162 e. The van der Waals surface area contributed by atoms with Gasteiger partial charge < -0.3 is 0 Å². The van der Waals surface area contributed by atoms with Gasteiger partial charge in [-0.25, -0.2) is 9.97 Å². The molecule has 5 aromatic carbocycles. The van der Waals surface area contributed by atoms with E-state index in [0.717, 1.165) is 39.1 Å². The molecule has 0 atom stereocenters. The fourth-order valence-electron chi connectivity index (χ4n) is 6.28. The molecule has 42 heavy (non-hydrogen) atoms. The zero-order valence-corrected chi connectivity index (χ0v) is 23.2. The Morgan fingerprint density at radius 2 is 1.24 bits per heavy atom. The average Bonchev–Trinajstić information content (AvgIpc) is 3.62. The number of nitrogens with zero attached hydrogens (tertiary/aromatic N) is 4. The Kier molecular flexibility index (Phi) is 5.03. The maximum atomic E-state index is 5.25. The van der Waals surface area contributed by atoms with Crippen molar-refractivity contribution in [2.24, 2.45) is 0 Å². The van der Waals surface area contributed by atoms with Crippen LogP contribution < -0.4 is 0 Å². The lowest BCUT2D eigenvalue weighted by molar-refractivity contribution is 1.05. The molecule has 0 saturated heterocycles. The standard InChI is InChI=1S/C37H22N4S/c1-3-11-23(12-4-1)29-21-32(40-37(39-29)24-13-5-2-6-14-24)41-30-19-20-38-22-28(30)33-25-15-7-8-16-26(25)34-27-17-9-10-18-31(27)42-36(34)35(33)41/h1-22H. The maximum absolute atomic E-state index is 5.25. The number of rotatable bonds is 3. The van der Waals surface area contributed by atoms with Crippen molar-refractivity contribution in [3.63, 3.8) is 0 Å². The van der Waals surface area contributed by atoms with E-state index in [1.807, 2.05) is 48.0 Å². The quantitative estimate of drug-likeness (QED) is 0.218. The number of hydrogen-bond acceptors (Lipinski definition) is 4. The molecular weight excluding hydrogens is 533 g/mol. The Bertz CT molecular complexity index is 2400. The van der Waals surface area contributed by atoms with E-state index in [9.17, 15) is 0 Å². The van der Waals surface area contributed by atoms with Crippen molar-refractivity contribution in [2.45, 2.75) is 0 Å². The molecule has 9 aromatic rings. The Morgan fingerprint density at radius 3 is 2.02 bits per heavy atom. The molecule has 4 nitrogen and oxygen atoms in total. The van der Waals surface area contributed by atoms with Crippen LogP contribution in [0.25, 0.3) is 81.2 Å². The molecule has 0 saturated carbocycles. The van der Waals surface area contributed by atoms with Gasteiger partial charge in [0.25, 0.3) is 0 Å². The van der Waals surface area contributed by atoms with Crippen molar-refractivity contribution >= 4 is 64.1 Å². The molecule has 0 aliphatic carbocycles. The Balaban J connectivity index is 1.50. The van der Waals surface area contributed by atoms with Gasteiger partial charge in [0.2, 0.25) is 0 Å². The SMILES string of the molecule is c1ccc(-c2cc(-n3c4ccncc4c4c5ccccc5c5c6ccccc6sc5c43)nc(-c3ccccc3)n2)cc1. The van der Waals surface area contributed by atoms with Crippen LogP contribution in [0.5, 0.6) is 0 Å². The minimum Gasteiger partial charge on any atom is -0.292 e. The van der Waals surface area contributed by atoms with E-state index in [-0.39, 0.29) is 0 Å². The number of thiophene rings is 1. The summed E-state index contributed by atoms with van der Waals surface area (Å²) < 4.78 is 4.86. The topological polar surface area (TPSA) is 43.6 Å². The summed E-state index contributed by atoms with van der Waals surface area (Å²) in [4.78, 5) is 14.9. The van der Waals surface area contributed by atoms with Crippen molar-refractivity contribution < 1.29 is 0 Å². The van der Waals surface area contributed by atoms with E-state index < -0.39 is 0 Å². The molecule has 0 unspecified atom stereocenters. The van der Waals surface area contributed by atoms with E-state index in [1.54, 1.807) is 0 Å². The van der Waals surface area contributed by atoms with Crippen molar-refractivity contribution in [2.75, 3.05) is 0 Å². The number of benzene rings is 5. The lowest BCUT2D eigenvalue weighted by Gasteiger charge is -2.13. The van der Waals surface area contributed by atoms with Crippen LogP contribution in [0, 0.1) is 0 Å². The van der Waals surface area contributed by atoms with E-state index in [0.29, 0.717) is 5.82 Å². The van der Waals surface area contributed by atoms with Gasteiger partial charge in [0.05, 0.1) is 21.4 Å². The van der Waals surface area contributed by atoms with E-state index in [1.165, 1.54) is 36.3 Å². The van der Waals surface area contributed by atoms with Gasteiger partial charge >= 0.3 is 0 Å². The van der Waals surface area contributed by atoms with E-state index in [2.05, 4.69) is 107 Å². The highest BCUT2D eigenvalue weighted by atomic mass is 32.1. The second-order valence-electron chi connectivity index (χ2n) is 10.5. The van der Waals surface area contributed by atoms with Gasteiger partial charge in [-0.05, 0) is 22.9 Å². The van der Waals surface area contributed by atoms with Crippen LogP contribution in [0.1, 0.15) is 0 Å². The van der Waals surface area contributed by atoms with E-state index in [4.69, 9.17) is 9.97 Å². The summed E-state index contributed by atoms with van der Waals surface area (Å²) in [6.07, 6.45) is 3.87. The summed E-state index contributed by atoms with van der Waals surface area (Å²) in [5, 5.41) is 7.37. The third kappa shape index (κ3) is 3.38. The second kappa shape index (κ2) is 9.06. The molecule has 0 amide bonds. The highest BCUT2D eigenvalue weighted by molar-refractivity contribution is 7.27. The summed E-state index contributed by atoms with van der Waals surface area (Å²) in [6.45, 7) is 0. The monoisotopic (exact) mass is 554 g/mol. The summed E-state index contributed by atoms with van der Waals surface area (Å²) >= 11 is 1.85. The minimum absolute atomic E-state index is 0.699. The van der Waals surface area contributed by atoms with Crippen molar-refractivity contribution in [1.82, 2.24) is 19.5 Å². The first-order chi connectivity index (χ1) is 20.8. The van der Waals surface area contributed by atoms with Crippen LogP contribution in [0.3, 0.4) is 0 Å². The zero-order valence-electron chi connectivity index (χ0n) is 22.4. The van der Waals surface area contributed by atoms with Crippen LogP contribution in [-0.2, 0) is 0 Å². The number of pyridine rings is 1. The lowest BCUT2D eigenvalue weighted by Crippen LogP contribution is -2.02. The molecule has 0 bridgehead atoms. The van der Waals surface area contributed by atoms with Crippen LogP contribution in [0.2, 0.25) is 0 Å². The van der Waals surface area contributed by atoms with Gasteiger partial charge in [-0.2, -0.15) is 0 Å². The predicted molar refractivity (Wildman–Crippen MR) is 175 cm³/mol. The van der Waals surface area contributed by atoms with Gasteiger partial charge in [0.15, 0.2) is 5.82 Å². The largest absolute Gasteiger partial charge is 0.292 e. The number of aromatic nitrogens is 4. The molecular formula is C37H22N4S. The number of hydrogen-bond donors (Lipinski definition) is 0. The van der Waals surface area contributed by atoms with Crippen LogP contribution in [0.4, 0.5) is 0 Å². The molecule has 0 fully saturated rings. The van der Waals surface area contributed by atoms with Crippen molar-refractivity contribution in [3.05, 3.63) is 134 Å². The fourth-order valence-corrected chi connectivity index (χ4v) is 7.54. The molecule has 0 aliphatic heterocycles. The summed E-state index contributed by atoms with van der Waals surface area (Å²) in [7, 11) is 0. The van der Waals surface area contributed by atoms with Gasteiger partial charge in [0, 0.05) is 55.8 Å². The molecule has 0 N–H and O–H groups in total. The van der Waals surface area contributed by atoms with Gasteiger partial charge in [-0.15, -0.1) is 11.3 Å². The first kappa shape index (κ1) is 23.3. The fraction of sp³-hybridized carbons (Fsp3) is 0. The molecule has 9 rings (SSSR count). The Morgan fingerprint density at radius 1 is 0.571 bits per heavy atom. The molecule has 0 radical (unpaired) electrons. The zero-order chi connectivity index (χ0) is 27.6. The Hall–Kier alpha value is -5.39. The number of fused-ring (bicyclic) bond motifs is 10. The first-order valence-corrected chi connectivity index (χ1v) is 14.8. The summed E-state index contributed by atoms with van der Waals surface area (Å²) in [5.41, 5.74) is 5.16. The van der Waals surface area contributed by atoms with Crippen LogP contribution >= 0.6 is 11.3 Å². The van der Waals surface area contributed by atoms with Crippen molar-refractivity contribution in [1.29, 1.82) is 0 Å². The highest BCUT2D eigenvalue weighted by Crippen LogP contribution is 2.47. The summed E-state index contributed by atoms with van der Waals surface area (Å²) in [5.74, 6) is 1.53. The molecule has 4 aromatic heterocycles. The van der Waals surface area contributed by atoms with Crippen LogP contribution in [-0.4, -0.2) is 19.5 Å². The second-order valence-corrected chi connectivity index (χ2v) is 11.5. The Labute approximate surface area is 245 Å². The third-order valence-corrected chi connectivity index (χ3v) is 9.27. The van der Waals surface area contributed by atoms with Gasteiger partial charge in [-0.3, -0.25) is 9.55 Å². The first-order valence-electron chi connectivity index (χ1n) is 14.0. The molecule has 4 heterocycles. The third-order valence-electron chi connectivity index (χ3n) is 8.09. The molecule has 5 heteroatoms. The lowest BCUT2D eigenvalue weighted by atomic mass is 9.99. The predicted octanol–water partition coefficient (Wildman–Crippen LogP) is 9.82.